The van der Waals surface area contributed by atoms with Crippen LogP contribution in [0.25, 0.3) is 0 Å². The van der Waals surface area contributed by atoms with E-state index in [1.165, 1.54) is 17.0 Å². The van der Waals surface area contributed by atoms with E-state index in [2.05, 4.69) is 38.3 Å². The smallest absolute Gasteiger partial charge is 0.303 e. The van der Waals surface area contributed by atoms with Crippen molar-refractivity contribution >= 4 is 5.97 Å². The summed E-state index contributed by atoms with van der Waals surface area (Å²) in [5.74, 6) is -0.710. The fraction of sp³-hybridized carbons (Fsp3) is 0.615. The number of hydrogen-bond donors (Lipinski definition) is 1. The summed E-state index contributed by atoms with van der Waals surface area (Å²) in [7, 11) is 0. The van der Waals surface area contributed by atoms with E-state index >= 15 is 0 Å². The maximum atomic E-state index is 10.4. The summed E-state index contributed by atoms with van der Waals surface area (Å²) in [5, 5.41) is 8.60. The SMILES string of the molecule is Cc1cc(CCCC(=O)O)c(C)n1C(C)C. The number of hydrogen-bond acceptors (Lipinski definition) is 1. The summed E-state index contributed by atoms with van der Waals surface area (Å²) in [6.45, 7) is 8.55. The first-order valence-electron chi connectivity index (χ1n) is 5.82. The van der Waals surface area contributed by atoms with Gasteiger partial charge in [0.1, 0.15) is 0 Å². The summed E-state index contributed by atoms with van der Waals surface area (Å²) >= 11 is 0. The molecule has 0 amide bonds. The van der Waals surface area contributed by atoms with Crippen LogP contribution in [0, 0.1) is 13.8 Å². The third-order valence-electron chi connectivity index (χ3n) is 2.94. The second-order valence-corrected chi connectivity index (χ2v) is 4.61. The molecule has 0 radical (unpaired) electrons. The van der Waals surface area contributed by atoms with Gasteiger partial charge >= 0.3 is 5.97 Å². The number of aromatic nitrogens is 1. The molecule has 16 heavy (non-hydrogen) atoms. The number of rotatable bonds is 5. The number of carboxylic acids is 1. The van der Waals surface area contributed by atoms with Crippen LogP contribution in [0.2, 0.25) is 0 Å². The zero-order chi connectivity index (χ0) is 12.3. The first-order valence-corrected chi connectivity index (χ1v) is 5.82. The van der Waals surface area contributed by atoms with Crippen molar-refractivity contribution in [3.05, 3.63) is 23.0 Å². The molecule has 90 valence electrons. The minimum Gasteiger partial charge on any atom is -0.481 e. The maximum absolute atomic E-state index is 10.4. The van der Waals surface area contributed by atoms with E-state index in [9.17, 15) is 4.79 Å². The molecule has 0 atom stereocenters. The Hall–Kier alpha value is -1.25. The second-order valence-electron chi connectivity index (χ2n) is 4.61. The molecule has 0 aliphatic rings. The van der Waals surface area contributed by atoms with Crippen molar-refractivity contribution in [1.29, 1.82) is 0 Å². The van der Waals surface area contributed by atoms with Gasteiger partial charge in [0.05, 0.1) is 0 Å². The van der Waals surface area contributed by atoms with Crippen molar-refractivity contribution in [3.8, 4) is 0 Å². The highest BCUT2D eigenvalue weighted by Gasteiger charge is 2.11. The Morgan fingerprint density at radius 2 is 2.06 bits per heavy atom. The van der Waals surface area contributed by atoms with E-state index in [-0.39, 0.29) is 6.42 Å². The largest absolute Gasteiger partial charge is 0.481 e. The van der Waals surface area contributed by atoms with Gasteiger partial charge in [-0.15, -0.1) is 0 Å². The molecule has 0 saturated carbocycles. The van der Waals surface area contributed by atoms with Crippen LogP contribution >= 0.6 is 0 Å². The number of carbonyl (C=O) groups is 1. The lowest BCUT2D eigenvalue weighted by atomic mass is 10.1. The predicted molar refractivity (Wildman–Crippen MR) is 64.9 cm³/mol. The van der Waals surface area contributed by atoms with Crippen molar-refractivity contribution in [3.63, 3.8) is 0 Å². The van der Waals surface area contributed by atoms with Crippen molar-refractivity contribution in [2.45, 2.75) is 53.0 Å². The maximum Gasteiger partial charge on any atom is 0.303 e. The molecule has 1 rings (SSSR count). The van der Waals surface area contributed by atoms with Gasteiger partial charge in [-0.2, -0.15) is 0 Å². The van der Waals surface area contributed by atoms with Crippen LogP contribution in [0.5, 0.6) is 0 Å². The Kier molecular flexibility index (Phi) is 4.16. The van der Waals surface area contributed by atoms with Gasteiger partial charge in [-0.25, -0.2) is 0 Å². The number of aliphatic carboxylic acids is 1. The van der Waals surface area contributed by atoms with Gasteiger partial charge < -0.3 is 9.67 Å². The number of aryl methyl sites for hydroxylation is 2. The molecule has 3 heteroatoms. The Morgan fingerprint density at radius 3 is 2.50 bits per heavy atom. The number of nitrogens with zero attached hydrogens (tertiary/aromatic N) is 1. The van der Waals surface area contributed by atoms with E-state index in [0.29, 0.717) is 6.04 Å². The monoisotopic (exact) mass is 223 g/mol. The molecule has 1 N–H and O–H groups in total. The van der Waals surface area contributed by atoms with Crippen LogP contribution in [-0.2, 0) is 11.2 Å². The minimum atomic E-state index is -0.710. The highest BCUT2D eigenvalue weighted by Crippen LogP contribution is 2.21. The quantitative estimate of drug-likeness (QED) is 0.833. The molecule has 0 spiro atoms. The van der Waals surface area contributed by atoms with Gasteiger partial charge in [-0.1, -0.05) is 0 Å². The predicted octanol–water partition coefficient (Wildman–Crippen LogP) is 3.09. The van der Waals surface area contributed by atoms with Gasteiger partial charge in [-0.3, -0.25) is 4.79 Å². The highest BCUT2D eigenvalue weighted by atomic mass is 16.4. The van der Waals surface area contributed by atoms with Crippen LogP contribution in [0.3, 0.4) is 0 Å². The summed E-state index contributed by atoms with van der Waals surface area (Å²) in [6.07, 6.45) is 1.84. The molecule has 1 heterocycles. The Bertz CT molecular complexity index is 378. The average Bonchev–Trinajstić information content (AvgIpc) is 2.41. The second kappa shape index (κ2) is 5.19. The van der Waals surface area contributed by atoms with Crippen molar-refractivity contribution in [1.82, 2.24) is 4.57 Å². The van der Waals surface area contributed by atoms with Crippen molar-refractivity contribution in [2.75, 3.05) is 0 Å². The van der Waals surface area contributed by atoms with Crippen LogP contribution < -0.4 is 0 Å². The molecular weight excluding hydrogens is 202 g/mol. The van der Waals surface area contributed by atoms with E-state index in [0.717, 1.165) is 12.8 Å². The first kappa shape index (κ1) is 12.8. The topological polar surface area (TPSA) is 42.2 Å². The molecule has 0 unspecified atom stereocenters. The Balaban J connectivity index is 2.75. The van der Waals surface area contributed by atoms with Crippen LogP contribution in [-0.4, -0.2) is 15.6 Å². The Labute approximate surface area is 97.1 Å². The standard InChI is InChI=1S/C13H21NO2/c1-9(2)14-10(3)8-12(11(14)4)6-5-7-13(15)16/h8-9H,5-7H2,1-4H3,(H,15,16). The summed E-state index contributed by atoms with van der Waals surface area (Å²) in [5.41, 5.74) is 3.82. The molecule has 0 aliphatic heterocycles. The fourth-order valence-electron chi connectivity index (χ4n) is 2.32. The molecular formula is C13H21NO2. The van der Waals surface area contributed by atoms with Gasteiger partial charge in [0.25, 0.3) is 0 Å². The average molecular weight is 223 g/mol. The molecule has 1 aromatic heterocycles. The van der Waals surface area contributed by atoms with Crippen LogP contribution in [0.1, 0.15) is 49.7 Å². The lowest BCUT2D eigenvalue weighted by molar-refractivity contribution is -0.137. The van der Waals surface area contributed by atoms with Crippen molar-refractivity contribution in [2.24, 2.45) is 0 Å². The summed E-state index contributed by atoms with van der Waals surface area (Å²) in [6, 6.07) is 2.64. The zero-order valence-electron chi connectivity index (χ0n) is 10.6. The van der Waals surface area contributed by atoms with E-state index in [4.69, 9.17) is 5.11 Å². The zero-order valence-corrected chi connectivity index (χ0v) is 10.6. The fourth-order valence-corrected chi connectivity index (χ4v) is 2.32. The summed E-state index contributed by atoms with van der Waals surface area (Å²) < 4.78 is 2.30. The van der Waals surface area contributed by atoms with Crippen LogP contribution in [0.15, 0.2) is 6.07 Å². The van der Waals surface area contributed by atoms with Gasteiger partial charge in [0.2, 0.25) is 0 Å². The van der Waals surface area contributed by atoms with Gasteiger partial charge in [-0.05, 0) is 52.2 Å². The molecule has 3 nitrogen and oxygen atoms in total. The molecule has 1 aromatic rings. The van der Waals surface area contributed by atoms with E-state index in [1.807, 2.05) is 0 Å². The lowest BCUT2D eigenvalue weighted by Gasteiger charge is -2.13. The number of carboxylic acid groups (broad SMARTS) is 1. The Morgan fingerprint density at radius 1 is 1.44 bits per heavy atom. The third kappa shape index (κ3) is 2.87. The summed E-state index contributed by atoms with van der Waals surface area (Å²) in [4.78, 5) is 10.4. The van der Waals surface area contributed by atoms with Crippen LogP contribution in [0.4, 0.5) is 0 Å². The molecule has 0 saturated heterocycles. The van der Waals surface area contributed by atoms with E-state index < -0.39 is 5.97 Å². The van der Waals surface area contributed by atoms with Gasteiger partial charge in [0.15, 0.2) is 0 Å². The molecule has 0 fully saturated rings. The normalized spacial score (nSPS) is 11.1. The lowest BCUT2D eigenvalue weighted by Crippen LogP contribution is -2.05. The minimum absolute atomic E-state index is 0.255. The highest BCUT2D eigenvalue weighted by molar-refractivity contribution is 5.66. The molecule has 0 aliphatic carbocycles. The third-order valence-corrected chi connectivity index (χ3v) is 2.94. The van der Waals surface area contributed by atoms with Gasteiger partial charge in [0, 0.05) is 23.9 Å². The van der Waals surface area contributed by atoms with Crippen molar-refractivity contribution < 1.29 is 9.90 Å². The molecule has 0 bridgehead atoms. The van der Waals surface area contributed by atoms with E-state index in [1.54, 1.807) is 0 Å². The first-order chi connectivity index (χ1) is 7.43. The molecule has 0 aromatic carbocycles.